The van der Waals surface area contributed by atoms with E-state index in [9.17, 15) is 13.6 Å². The van der Waals surface area contributed by atoms with E-state index >= 15 is 0 Å². The van der Waals surface area contributed by atoms with Crippen LogP contribution in [0.3, 0.4) is 0 Å². The maximum atomic E-state index is 13.7. The molecule has 1 aromatic carbocycles. The fourth-order valence-electron chi connectivity index (χ4n) is 2.67. The molecule has 0 aromatic heterocycles. The van der Waals surface area contributed by atoms with Gasteiger partial charge in [0.05, 0.1) is 12.0 Å². The van der Waals surface area contributed by atoms with Crippen LogP contribution in [-0.4, -0.2) is 24.5 Å². The summed E-state index contributed by atoms with van der Waals surface area (Å²) in [4.78, 5) is 12.0. The summed E-state index contributed by atoms with van der Waals surface area (Å²) >= 11 is 0. The lowest BCUT2D eigenvalue weighted by molar-refractivity contribution is 0.0154. The highest BCUT2D eigenvalue weighted by atomic mass is 19.1. The SMILES string of the molecule is O=C1CC2(CCNCC2)Oc2c(F)cc(F)cc21. The number of benzene rings is 1. The van der Waals surface area contributed by atoms with Crippen molar-refractivity contribution in [1.82, 2.24) is 5.32 Å². The molecule has 0 amide bonds. The van der Waals surface area contributed by atoms with Gasteiger partial charge in [-0.3, -0.25) is 4.79 Å². The van der Waals surface area contributed by atoms with Gasteiger partial charge in [-0.25, -0.2) is 8.78 Å². The lowest BCUT2D eigenvalue weighted by Crippen LogP contribution is -2.49. The van der Waals surface area contributed by atoms with Gasteiger partial charge in [0.1, 0.15) is 11.4 Å². The van der Waals surface area contributed by atoms with E-state index in [1.54, 1.807) is 0 Å². The van der Waals surface area contributed by atoms with Crippen molar-refractivity contribution < 1.29 is 18.3 Å². The molecule has 2 aliphatic rings. The molecule has 0 unspecified atom stereocenters. The number of carbonyl (C=O) groups excluding carboxylic acids is 1. The van der Waals surface area contributed by atoms with Gasteiger partial charge in [0.15, 0.2) is 17.3 Å². The van der Waals surface area contributed by atoms with Crippen molar-refractivity contribution in [2.75, 3.05) is 13.1 Å². The highest BCUT2D eigenvalue weighted by molar-refractivity contribution is 6.00. The molecule has 1 spiro atoms. The molecule has 2 aliphatic heterocycles. The van der Waals surface area contributed by atoms with Gasteiger partial charge in [-0.1, -0.05) is 0 Å². The molecule has 0 atom stereocenters. The normalized spacial score (nSPS) is 21.6. The first-order valence-electron chi connectivity index (χ1n) is 6.02. The summed E-state index contributed by atoms with van der Waals surface area (Å²) in [6.07, 6.45) is 1.52. The summed E-state index contributed by atoms with van der Waals surface area (Å²) in [5.41, 5.74) is -0.592. The van der Waals surface area contributed by atoms with Crippen molar-refractivity contribution in [2.24, 2.45) is 0 Å². The largest absolute Gasteiger partial charge is 0.483 e. The van der Waals surface area contributed by atoms with Crippen LogP contribution in [0.5, 0.6) is 5.75 Å². The van der Waals surface area contributed by atoms with Crippen LogP contribution in [0.2, 0.25) is 0 Å². The molecule has 3 rings (SSSR count). The van der Waals surface area contributed by atoms with Crippen LogP contribution < -0.4 is 10.1 Å². The number of rotatable bonds is 0. The average molecular weight is 253 g/mol. The van der Waals surface area contributed by atoms with Gasteiger partial charge in [0.2, 0.25) is 0 Å². The molecule has 5 heteroatoms. The van der Waals surface area contributed by atoms with Gasteiger partial charge in [-0.05, 0) is 19.2 Å². The van der Waals surface area contributed by atoms with Crippen molar-refractivity contribution in [3.8, 4) is 5.75 Å². The second kappa shape index (κ2) is 4.02. The second-order valence-electron chi connectivity index (χ2n) is 4.90. The van der Waals surface area contributed by atoms with Crippen molar-refractivity contribution in [1.29, 1.82) is 0 Å². The first kappa shape index (κ1) is 11.6. The fourth-order valence-corrected chi connectivity index (χ4v) is 2.67. The number of piperidine rings is 1. The number of hydrogen-bond donors (Lipinski definition) is 1. The molecule has 0 radical (unpaired) electrons. The zero-order valence-corrected chi connectivity index (χ0v) is 9.76. The van der Waals surface area contributed by atoms with Crippen LogP contribution in [0.4, 0.5) is 8.78 Å². The summed E-state index contributed by atoms with van der Waals surface area (Å²) < 4.78 is 32.5. The highest BCUT2D eigenvalue weighted by Gasteiger charge is 2.42. The number of ketones is 1. The Hall–Kier alpha value is -1.49. The van der Waals surface area contributed by atoms with Gasteiger partial charge < -0.3 is 10.1 Å². The molecule has 3 nitrogen and oxygen atoms in total. The Morgan fingerprint density at radius 1 is 1.22 bits per heavy atom. The minimum atomic E-state index is -0.795. The van der Waals surface area contributed by atoms with Gasteiger partial charge in [0, 0.05) is 18.9 Å². The first-order chi connectivity index (χ1) is 8.60. The van der Waals surface area contributed by atoms with Crippen molar-refractivity contribution in [2.45, 2.75) is 24.9 Å². The molecule has 0 bridgehead atoms. The topological polar surface area (TPSA) is 38.3 Å². The van der Waals surface area contributed by atoms with Crippen molar-refractivity contribution >= 4 is 5.78 Å². The lowest BCUT2D eigenvalue weighted by atomic mass is 9.83. The predicted molar refractivity (Wildman–Crippen MR) is 60.8 cm³/mol. The quantitative estimate of drug-likeness (QED) is 0.769. The Kier molecular flexibility index (Phi) is 2.59. The number of hydrogen-bond acceptors (Lipinski definition) is 3. The number of nitrogens with one attached hydrogen (secondary N) is 1. The third kappa shape index (κ3) is 1.79. The Balaban J connectivity index is 2.04. The Bertz CT molecular complexity index is 510. The predicted octanol–water partition coefficient (Wildman–Crippen LogP) is 2.05. The minimum absolute atomic E-state index is 0.0247. The van der Waals surface area contributed by atoms with Crippen LogP contribution in [0.15, 0.2) is 12.1 Å². The van der Waals surface area contributed by atoms with Crippen molar-refractivity contribution in [3.63, 3.8) is 0 Å². The van der Waals surface area contributed by atoms with E-state index in [2.05, 4.69) is 5.32 Å². The maximum absolute atomic E-state index is 13.7. The zero-order chi connectivity index (χ0) is 12.8. The van der Waals surface area contributed by atoms with E-state index in [1.807, 2.05) is 0 Å². The van der Waals surface area contributed by atoms with E-state index < -0.39 is 17.2 Å². The standard InChI is InChI=1S/C13H13F2NO2/c14-8-5-9-11(17)7-13(1-3-16-4-2-13)18-12(9)10(15)6-8/h5-6,16H,1-4,7H2. The van der Waals surface area contributed by atoms with Gasteiger partial charge >= 0.3 is 0 Å². The number of fused-ring (bicyclic) bond motifs is 1. The molecule has 18 heavy (non-hydrogen) atoms. The third-order valence-electron chi connectivity index (χ3n) is 3.62. The smallest absolute Gasteiger partial charge is 0.170 e. The minimum Gasteiger partial charge on any atom is -0.483 e. The summed E-state index contributed by atoms with van der Waals surface area (Å²) in [6, 6.07) is 1.81. The van der Waals surface area contributed by atoms with E-state index in [-0.39, 0.29) is 23.5 Å². The molecular weight excluding hydrogens is 240 g/mol. The number of Topliss-reactive ketones (excluding diaryl/α,β-unsaturated/α-hetero) is 1. The molecule has 1 aromatic rings. The van der Waals surface area contributed by atoms with E-state index in [1.165, 1.54) is 0 Å². The van der Waals surface area contributed by atoms with Crippen molar-refractivity contribution in [3.05, 3.63) is 29.3 Å². The highest BCUT2D eigenvalue weighted by Crippen LogP contribution is 2.39. The fraction of sp³-hybridized carbons (Fsp3) is 0.462. The summed E-state index contributed by atoms with van der Waals surface area (Å²) in [5, 5.41) is 3.17. The zero-order valence-electron chi connectivity index (χ0n) is 9.76. The summed E-state index contributed by atoms with van der Waals surface area (Å²) in [6.45, 7) is 1.48. The van der Waals surface area contributed by atoms with E-state index in [4.69, 9.17) is 4.74 Å². The second-order valence-corrected chi connectivity index (χ2v) is 4.90. The van der Waals surface area contributed by atoms with Gasteiger partial charge in [-0.2, -0.15) is 0 Å². The van der Waals surface area contributed by atoms with E-state index in [0.717, 1.165) is 25.2 Å². The lowest BCUT2D eigenvalue weighted by Gasteiger charge is -2.40. The summed E-state index contributed by atoms with van der Waals surface area (Å²) in [7, 11) is 0. The van der Waals surface area contributed by atoms with Crippen LogP contribution in [0.1, 0.15) is 29.6 Å². The molecule has 96 valence electrons. The summed E-state index contributed by atoms with van der Waals surface area (Å²) in [5.74, 6) is -1.87. The average Bonchev–Trinajstić information content (AvgIpc) is 2.32. The molecule has 2 heterocycles. The van der Waals surface area contributed by atoms with Gasteiger partial charge in [-0.15, -0.1) is 0 Å². The maximum Gasteiger partial charge on any atom is 0.170 e. The molecular formula is C13H13F2NO2. The molecule has 0 saturated carbocycles. The van der Waals surface area contributed by atoms with Crippen LogP contribution >= 0.6 is 0 Å². The molecule has 1 saturated heterocycles. The van der Waals surface area contributed by atoms with E-state index in [0.29, 0.717) is 12.8 Å². The monoisotopic (exact) mass is 253 g/mol. The first-order valence-corrected chi connectivity index (χ1v) is 6.02. The Morgan fingerprint density at radius 2 is 1.94 bits per heavy atom. The Morgan fingerprint density at radius 3 is 2.67 bits per heavy atom. The van der Waals surface area contributed by atoms with Crippen LogP contribution in [-0.2, 0) is 0 Å². The number of halogens is 2. The van der Waals surface area contributed by atoms with Crippen LogP contribution in [0, 0.1) is 11.6 Å². The van der Waals surface area contributed by atoms with Gasteiger partial charge in [0.25, 0.3) is 0 Å². The number of carbonyl (C=O) groups is 1. The van der Waals surface area contributed by atoms with Crippen LogP contribution in [0.25, 0.3) is 0 Å². The third-order valence-corrected chi connectivity index (χ3v) is 3.62. The molecule has 0 aliphatic carbocycles. The molecule has 1 N–H and O–H groups in total. The molecule has 1 fully saturated rings. The Labute approximate surface area is 103 Å². The number of ether oxygens (including phenoxy) is 1.